The maximum absolute atomic E-state index is 12.5. The Labute approximate surface area is 267 Å². The summed E-state index contributed by atoms with van der Waals surface area (Å²) in [5.74, 6) is 0.162. The normalized spacial score (nSPS) is 18.1. The molecule has 0 radical (unpaired) electrons. The Balaban J connectivity index is 1.07. The van der Waals surface area contributed by atoms with Gasteiger partial charge in [0.25, 0.3) is 10.0 Å². The molecular formula is C33H47N3O8S. The summed E-state index contributed by atoms with van der Waals surface area (Å²) in [5.41, 5.74) is 2.81. The lowest BCUT2D eigenvalue weighted by Crippen LogP contribution is -2.39. The van der Waals surface area contributed by atoms with Crippen LogP contribution in [0.2, 0.25) is 0 Å². The van der Waals surface area contributed by atoms with E-state index >= 15 is 0 Å². The first-order chi connectivity index (χ1) is 21.5. The van der Waals surface area contributed by atoms with Gasteiger partial charge in [0, 0.05) is 39.1 Å². The zero-order valence-electron chi connectivity index (χ0n) is 26.8. The zero-order chi connectivity index (χ0) is 32.5. The van der Waals surface area contributed by atoms with Crippen molar-refractivity contribution >= 4 is 22.1 Å². The fourth-order valence-corrected chi connectivity index (χ4v) is 6.39. The van der Waals surface area contributed by atoms with Crippen LogP contribution in [0.5, 0.6) is 5.75 Å². The molecule has 3 amide bonds. The molecule has 4 rings (SSSR count). The first kappa shape index (κ1) is 34.5. The van der Waals surface area contributed by atoms with Crippen LogP contribution >= 0.6 is 0 Å². The van der Waals surface area contributed by atoms with E-state index in [2.05, 4.69) is 12.2 Å². The van der Waals surface area contributed by atoms with Gasteiger partial charge in [-0.15, -0.1) is 0 Å². The predicted molar refractivity (Wildman–Crippen MR) is 169 cm³/mol. The molecule has 0 aliphatic carbocycles. The molecule has 2 heterocycles. The van der Waals surface area contributed by atoms with Gasteiger partial charge in [0.1, 0.15) is 11.9 Å². The number of carbonyl (C=O) groups is 2. The molecule has 0 bridgehead atoms. The number of unbranched alkanes of at least 4 members (excludes halogenated alkanes) is 3. The molecule has 2 aliphatic rings. The van der Waals surface area contributed by atoms with Crippen molar-refractivity contribution in [2.45, 2.75) is 102 Å². The smallest absolute Gasteiger partial charge is 0.410 e. The van der Waals surface area contributed by atoms with Gasteiger partial charge in [0.15, 0.2) is 0 Å². The summed E-state index contributed by atoms with van der Waals surface area (Å²) in [7, 11) is -3.91. The first-order valence-corrected chi connectivity index (χ1v) is 17.4. The molecule has 2 N–H and O–H groups in total. The van der Waals surface area contributed by atoms with Crippen LogP contribution in [-0.2, 0) is 37.3 Å². The Bertz CT molecular complexity index is 1410. The van der Waals surface area contributed by atoms with Gasteiger partial charge in [-0.1, -0.05) is 31.0 Å². The van der Waals surface area contributed by atoms with E-state index in [9.17, 15) is 18.0 Å². The van der Waals surface area contributed by atoms with Crippen molar-refractivity contribution in [3.8, 4) is 5.75 Å². The molecule has 1 unspecified atom stereocenters. The van der Waals surface area contributed by atoms with Gasteiger partial charge >= 0.3 is 12.1 Å². The molecule has 248 valence electrons. The van der Waals surface area contributed by atoms with E-state index in [1.807, 2.05) is 42.8 Å². The summed E-state index contributed by atoms with van der Waals surface area (Å²) in [6, 6.07) is 11.8. The van der Waals surface area contributed by atoms with E-state index in [1.54, 1.807) is 24.0 Å². The highest BCUT2D eigenvalue weighted by Crippen LogP contribution is 2.35. The number of nitrogens with zero attached hydrogens (tertiary/aromatic N) is 1. The summed E-state index contributed by atoms with van der Waals surface area (Å²) in [5, 5.41) is 2.42. The van der Waals surface area contributed by atoms with Gasteiger partial charge in [-0.3, -0.25) is 0 Å². The highest BCUT2D eigenvalue weighted by molar-refractivity contribution is 7.90. The lowest BCUT2D eigenvalue weighted by molar-refractivity contribution is -0.180. The number of benzene rings is 2. The zero-order valence-corrected chi connectivity index (χ0v) is 27.6. The minimum atomic E-state index is -3.91. The highest BCUT2D eigenvalue weighted by Gasteiger charge is 2.33. The monoisotopic (exact) mass is 645 g/mol. The second kappa shape index (κ2) is 15.8. The molecule has 2 atom stereocenters. The molecular weight excluding hydrogens is 598 g/mol. The van der Waals surface area contributed by atoms with Gasteiger partial charge in [0.2, 0.25) is 5.79 Å². The van der Waals surface area contributed by atoms with Gasteiger partial charge in [-0.25, -0.2) is 22.7 Å². The minimum Gasteiger partial charge on any atom is -0.463 e. The van der Waals surface area contributed by atoms with E-state index < -0.39 is 21.8 Å². The van der Waals surface area contributed by atoms with Gasteiger partial charge in [-0.05, 0) is 81.3 Å². The van der Waals surface area contributed by atoms with Crippen LogP contribution in [0.1, 0.15) is 89.0 Å². The number of fused-ring (bicyclic) bond motifs is 1. The number of aryl methyl sites for hydroxylation is 1. The number of hydrogen-bond acceptors (Lipinski definition) is 8. The summed E-state index contributed by atoms with van der Waals surface area (Å²) in [6.07, 6.45) is 5.84. The van der Waals surface area contributed by atoms with Crippen LogP contribution in [0, 0.1) is 0 Å². The van der Waals surface area contributed by atoms with Gasteiger partial charge in [0.05, 0.1) is 24.2 Å². The van der Waals surface area contributed by atoms with Crippen molar-refractivity contribution in [2.75, 3.05) is 26.2 Å². The number of ether oxygens (including phenoxy) is 4. The molecule has 1 saturated heterocycles. The number of nitrogens with one attached hydrogen (secondary N) is 2. The fraction of sp³-hybridized carbons (Fsp3) is 0.576. The fourth-order valence-electron chi connectivity index (χ4n) is 5.39. The molecule has 2 aromatic rings. The number of urea groups is 1. The number of amides is 3. The largest absolute Gasteiger partial charge is 0.463 e. The van der Waals surface area contributed by atoms with E-state index in [-0.39, 0.29) is 23.2 Å². The van der Waals surface area contributed by atoms with Gasteiger partial charge in [-0.2, -0.15) is 0 Å². The van der Waals surface area contributed by atoms with Crippen LogP contribution in [0.4, 0.5) is 9.59 Å². The van der Waals surface area contributed by atoms with Crippen LogP contribution in [0.25, 0.3) is 0 Å². The standard InChI is InChI=1S/C33H47N3O8S/c1-5-34-31(37)35-45(39,40)28-15-11-14-25(20-28)13-10-12-24(2)41-19-9-7-6-8-18-36-22-30(43-32(36)38)26-16-17-29-27(21-26)23-42-33(3,4)44-29/h11,14-17,20-21,24,30H,5-10,12-13,18-19,22-23H2,1-4H3,(H2,34,35,37)/t24?,30-/m0/s1. The number of hydrogen-bond donors (Lipinski definition) is 2. The first-order valence-electron chi connectivity index (χ1n) is 15.9. The van der Waals surface area contributed by atoms with Crippen LogP contribution < -0.4 is 14.8 Å². The lowest BCUT2D eigenvalue weighted by atomic mass is 10.0. The molecule has 12 heteroatoms. The molecule has 1 fully saturated rings. The van der Waals surface area contributed by atoms with Crippen molar-refractivity contribution in [1.29, 1.82) is 0 Å². The number of sulfonamides is 1. The van der Waals surface area contributed by atoms with Crippen LogP contribution in [0.3, 0.4) is 0 Å². The van der Waals surface area contributed by atoms with E-state index in [0.29, 0.717) is 39.3 Å². The Hall–Kier alpha value is -3.35. The van der Waals surface area contributed by atoms with Crippen molar-refractivity contribution in [2.24, 2.45) is 0 Å². The molecule has 45 heavy (non-hydrogen) atoms. The Kier molecular flexibility index (Phi) is 12.1. The summed E-state index contributed by atoms with van der Waals surface area (Å²) < 4.78 is 50.2. The van der Waals surface area contributed by atoms with E-state index in [0.717, 1.165) is 61.0 Å². The van der Waals surface area contributed by atoms with Crippen molar-refractivity contribution in [3.63, 3.8) is 0 Å². The topological polar surface area (TPSA) is 133 Å². The summed E-state index contributed by atoms with van der Waals surface area (Å²) in [6.45, 7) is 10.2. The third-order valence-electron chi connectivity index (χ3n) is 7.85. The van der Waals surface area contributed by atoms with Crippen molar-refractivity contribution in [3.05, 3.63) is 59.2 Å². The third kappa shape index (κ3) is 10.3. The van der Waals surface area contributed by atoms with Crippen molar-refractivity contribution in [1.82, 2.24) is 14.9 Å². The van der Waals surface area contributed by atoms with E-state index in [1.165, 1.54) is 6.07 Å². The lowest BCUT2D eigenvalue weighted by Gasteiger charge is -2.32. The number of cyclic esters (lactones) is 1. The van der Waals surface area contributed by atoms with Gasteiger partial charge < -0.3 is 29.2 Å². The highest BCUT2D eigenvalue weighted by atomic mass is 32.2. The Morgan fingerprint density at radius 2 is 1.91 bits per heavy atom. The summed E-state index contributed by atoms with van der Waals surface area (Å²) in [4.78, 5) is 26.0. The maximum Gasteiger partial charge on any atom is 0.410 e. The molecule has 2 aliphatic heterocycles. The minimum absolute atomic E-state index is 0.0710. The average Bonchev–Trinajstić information content (AvgIpc) is 3.36. The number of carbonyl (C=O) groups excluding carboxylic acids is 2. The molecule has 11 nitrogen and oxygen atoms in total. The second-order valence-corrected chi connectivity index (χ2v) is 13.8. The number of rotatable bonds is 16. The molecule has 0 aromatic heterocycles. The molecule has 0 spiro atoms. The third-order valence-corrected chi connectivity index (χ3v) is 9.18. The SMILES string of the molecule is CCNC(=O)NS(=O)(=O)c1cccc(CCCC(C)OCCCCCCN2C[C@@H](c3ccc4c(c3)COC(C)(C)O4)OC2=O)c1. The van der Waals surface area contributed by atoms with Crippen LogP contribution in [0.15, 0.2) is 47.4 Å². The second-order valence-electron chi connectivity index (χ2n) is 12.1. The molecule has 0 saturated carbocycles. The molecule has 2 aromatic carbocycles. The van der Waals surface area contributed by atoms with Crippen molar-refractivity contribution < 1.29 is 37.0 Å². The predicted octanol–water partition coefficient (Wildman–Crippen LogP) is 5.82. The van der Waals surface area contributed by atoms with Crippen LogP contribution in [-0.4, -0.2) is 63.6 Å². The average molecular weight is 646 g/mol. The van der Waals surface area contributed by atoms with E-state index in [4.69, 9.17) is 18.9 Å². The quantitative estimate of drug-likeness (QED) is 0.218. The maximum atomic E-state index is 12.5. The summed E-state index contributed by atoms with van der Waals surface area (Å²) >= 11 is 0. The Morgan fingerprint density at radius 1 is 1.11 bits per heavy atom. The Morgan fingerprint density at radius 3 is 2.71 bits per heavy atom.